The third kappa shape index (κ3) is 4.53. The molecule has 0 spiro atoms. The Morgan fingerprint density at radius 3 is 3.10 bits per heavy atom. The second-order valence-electron chi connectivity index (χ2n) is 5.89. The van der Waals surface area contributed by atoms with Gasteiger partial charge in [-0.1, -0.05) is 6.92 Å². The molecule has 112 valence electrons. The van der Waals surface area contributed by atoms with E-state index in [0.717, 1.165) is 31.7 Å². The highest BCUT2D eigenvalue weighted by Gasteiger charge is 2.24. The van der Waals surface area contributed by atoms with E-state index in [-0.39, 0.29) is 5.82 Å². The molecule has 0 aromatic carbocycles. The molecule has 2 atom stereocenters. The molecule has 3 nitrogen and oxygen atoms in total. The largest absolute Gasteiger partial charge is 0.314 e. The molecular weight excluding hydrogens is 253 g/mol. The van der Waals surface area contributed by atoms with Gasteiger partial charge in [0.2, 0.25) is 0 Å². The molecule has 0 saturated carbocycles. The molecule has 1 fully saturated rings. The summed E-state index contributed by atoms with van der Waals surface area (Å²) in [5.41, 5.74) is 0.972. The molecule has 1 saturated heterocycles. The Morgan fingerprint density at radius 2 is 2.35 bits per heavy atom. The standard InChI is InChI=1S/C16H26FN3/c1-3-6-19-13(2)15-5-4-7-20(12-15)11-14-8-16(17)10-18-9-14/h8-10,13,15,19H,3-7,11-12H2,1-2H3. The summed E-state index contributed by atoms with van der Waals surface area (Å²) < 4.78 is 13.2. The lowest BCUT2D eigenvalue weighted by atomic mass is 9.91. The van der Waals surface area contributed by atoms with Crippen molar-refractivity contribution in [2.75, 3.05) is 19.6 Å². The zero-order valence-electron chi connectivity index (χ0n) is 12.6. The monoisotopic (exact) mass is 279 g/mol. The summed E-state index contributed by atoms with van der Waals surface area (Å²) in [5, 5.41) is 3.60. The van der Waals surface area contributed by atoms with E-state index < -0.39 is 0 Å². The van der Waals surface area contributed by atoms with Crippen molar-refractivity contribution < 1.29 is 4.39 Å². The van der Waals surface area contributed by atoms with Crippen molar-refractivity contribution in [2.24, 2.45) is 5.92 Å². The number of rotatable bonds is 6. The van der Waals surface area contributed by atoms with Gasteiger partial charge in [0.05, 0.1) is 6.20 Å². The highest BCUT2D eigenvalue weighted by molar-refractivity contribution is 5.10. The lowest BCUT2D eigenvalue weighted by Crippen LogP contribution is -2.44. The molecule has 2 heterocycles. The molecule has 1 aromatic heterocycles. The second kappa shape index (κ2) is 7.70. The minimum absolute atomic E-state index is 0.242. The molecular formula is C16H26FN3. The van der Waals surface area contributed by atoms with Gasteiger partial charge in [-0.2, -0.15) is 0 Å². The number of hydrogen-bond donors (Lipinski definition) is 1. The molecule has 1 aromatic rings. The lowest BCUT2D eigenvalue weighted by molar-refractivity contribution is 0.144. The van der Waals surface area contributed by atoms with Crippen molar-refractivity contribution in [3.05, 3.63) is 29.8 Å². The van der Waals surface area contributed by atoms with Crippen LogP contribution in [-0.4, -0.2) is 35.6 Å². The Hall–Kier alpha value is -1.00. The van der Waals surface area contributed by atoms with Gasteiger partial charge in [0.25, 0.3) is 0 Å². The van der Waals surface area contributed by atoms with E-state index in [0.29, 0.717) is 12.0 Å². The van der Waals surface area contributed by atoms with E-state index in [2.05, 4.69) is 29.0 Å². The second-order valence-corrected chi connectivity index (χ2v) is 5.89. The summed E-state index contributed by atoms with van der Waals surface area (Å²) in [5.74, 6) is 0.450. The fraction of sp³-hybridized carbons (Fsp3) is 0.688. The van der Waals surface area contributed by atoms with Crippen LogP contribution < -0.4 is 5.32 Å². The van der Waals surface area contributed by atoms with Crippen molar-refractivity contribution in [3.63, 3.8) is 0 Å². The van der Waals surface area contributed by atoms with E-state index in [4.69, 9.17) is 0 Å². The molecule has 2 unspecified atom stereocenters. The quantitative estimate of drug-likeness (QED) is 0.868. The van der Waals surface area contributed by atoms with Crippen LogP contribution in [0.1, 0.15) is 38.7 Å². The summed E-state index contributed by atoms with van der Waals surface area (Å²) in [6.07, 6.45) is 6.72. The Balaban J connectivity index is 1.87. The third-order valence-electron chi connectivity index (χ3n) is 4.13. The first-order chi connectivity index (χ1) is 9.69. The van der Waals surface area contributed by atoms with Gasteiger partial charge >= 0.3 is 0 Å². The minimum atomic E-state index is -0.242. The first kappa shape index (κ1) is 15.4. The average Bonchev–Trinajstić information content (AvgIpc) is 2.45. The van der Waals surface area contributed by atoms with Crippen LogP contribution in [-0.2, 0) is 6.54 Å². The summed E-state index contributed by atoms with van der Waals surface area (Å²) >= 11 is 0. The number of aromatic nitrogens is 1. The fourth-order valence-corrected chi connectivity index (χ4v) is 2.98. The van der Waals surface area contributed by atoms with Gasteiger partial charge in [-0.25, -0.2) is 4.39 Å². The molecule has 0 amide bonds. The van der Waals surface area contributed by atoms with Crippen molar-refractivity contribution in [3.8, 4) is 0 Å². The number of hydrogen-bond acceptors (Lipinski definition) is 3. The van der Waals surface area contributed by atoms with Crippen LogP contribution >= 0.6 is 0 Å². The predicted octanol–water partition coefficient (Wildman–Crippen LogP) is 2.82. The average molecular weight is 279 g/mol. The molecule has 20 heavy (non-hydrogen) atoms. The summed E-state index contributed by atoms with van der Waals surface area (Å²) in [6, 6.07) is 2.15. The molecule has 0 aliphatic carbocycles. The summed E-state index contributed by atoms with van der Waals surface area (Å²) in [4.78, 5) is 6.36. The van der Waals surface area contributed by atoms with Gasteiger partial charge in [-0.3, -0.25) is 9.88 Å². The predicted molar refractivity (Wildman–Crippen MR) is 80.0 cm³/mol. The highest BCUT2D eigenvalue weighted by atomic mass is 19.1. The molecule has 0 radical (unpaired) electrons. The van der Waals surface area contributed by atoms with Crippen molar-refractivity contribution in [1.82, 2.24) is 15.2 Å². The van der Waals surface area contributed by atoms with Gasteiger partial charge in [0.1, 0.15) is 5.82 Å². The van der Waals surface area contributed by atoms with E-state index in [1.165, 1.54) is 25.5 Å². The number of halogens is 1. The van der Waals surface area contributed by atoms with Crippen LogP contribution in [0.25, 0.3) is 0 Å². The summed E-state index contributed by atoms with van der Waals surface area (Å²) in [7, 11) is 0. The number of pyridine rings is 1. The normalized spacial score (nSPS) is 21.9. The SMILES string of the molecule is CCCNC(C)C1CCCN(Cc2cncc(F)c2)C1. The van der Waals surface area contributed by atoms with E-state index in [1.54, 1.807) is 12.3 Å². The Morgan fingerprint density at radius 1 is 1.50 bits per heavy atom. The number of likely N-dealkylation sites (tertiary alicyclic amines) is 1. The van der Waals surface area contributed by atoms with Crippen LogP contribution in [0, 0.1) is 11.7 Å². The van der Waals surface area contributed by atoms with Crippen molar-refractivity contribution >= 4 is 0 Å². The van der Waals surface area contributed by atoms with Crippen LogP contribution in [0.4, 0.5) is 4.39 Å². The smallest absolute Gasteiger partial charge is 0.141 e. The minimum Gasteiger partial charge on any atom is -0.314 e. The van der Waals surface area contributed by atoms with Crippen molar-refractivity contribution in [2.45, 2.75) is 45.7 Å². The molecule has 1 N–H and O–H groups in total. The molecule has 2 rings (SSSR count). The zero-order chi connectivity index (χ0) is 14.4. The van der Waals surface area contributed by atoms with Crippen LogP contribution in [0.5, 0.6) is 0 Å². The Kier molecular flexibility index (Phi) is 5.92. The summed E-state index contributed by atoms with van der Waals surface area (Å²) in [6.45, 7) is 8.58. The number of nitrogens with one attached hydrogen (secondary N) is 1. The third-order valence-corrected chi connectivity index (χ3v) is 4.13. The van der Waals surface area contributed by atoms with Gasteiger partial charge in [-0.15, -0.1) is 0 Å². The first-order valence-corrected chi connectivity index (χ1v) is 7.74. The van der Waals surface area contributed by atoms with Crippen LogP contribution in [0.3, 0.4) is 0 Å². The lowest BCUT2D eigenvalue weighted by Gasteiger charge is -2.36. The molecule has 1 aliphatic rings. The molecule has 4 heteroatoms. The van der Waals surface area contributed by atoms with E-state index in [9.17, 15) is 4.39 Å². The number of nitrogens with zero attached hydrogens (tertiary/aromatic N) is 2. The molecule has 0 bridgehead atoms. The zero-order valence-corrected chi connectivity index (χ0v) is 12.6. The van der Waals surface area contributed by atoms with Gasteiger partial charge in [0, 0.05) is 25.3 Å². The van der Waals surface area contributed by atoms with Gasteiger partial charge in [0.15, 0.2) is 0 Å². The maximum Gasteiger partial charge on any atom is 0.141 e. The van der Waals surface area contributed by atoms with Gasteiger partial charge in [-0.05, 0) is 56.8 Å². The maximum absolute atomic E-state index is 13.2. The van der Waals surface area contributed by atoms with Crippen LogP contribution in [0.15, 0.2) is 18.5 Å². The highest BCUT2D eigenvalue weighted by Crippen LogP contribution is 2.21. The first-order valence-electron chi connectivity index (χ1n) is 7.74. The maximum atomic E-state index is 13.2. The fourth-order valence-electron chi connectivity index (χ4n) is 2.98. The van der Waals surface area contributed by atoms with E-state index >= 15 is 0 Å². The van der Waals surface area contributed by atoms with E-state index in [1.807, 2.05) is 0 Å². The van der Waals surface area contributed by atoms with Crippen LogP contribution in [0.2, 0.25) is 0 Å². The molecule has 1 aliphatic heterocycles. The Bertz CT molecular complexity index is 410. The van der Waals surface area contributed by atoms with Gasteiger partial charge < -0.3 is 5.32 Å². The Labute approximate surface area is 121 Å². The topological polar surface area (TPSA) is 28.2 Å². The number of piperidine rings is 1. The van der Waals surface area contributed by atoms with Crippen molar-refractivity contribution in [1.29, 1.82) is 0 Å².